The van der Waals surface area contributed by atoms with E-state index in [0.717, 1.165) is 28.4 Å². The van der Waals surface area contributed by atoms with Crippen LogP contribution in [0.15, 0.2) is 72.1 Å². The number of piperazine rings is 1. The van der Waals surface area contributed by atoms with Crippen molar-refractivity contribution in [2.24, 2.45) is 11.0 Å². The van der Waals surface area contributed by atoms with Crippen LogP contribution in [0.1, 0.15) is 18.1 Å². The van der Waals surface area contributed by atoms with Crippen LogP contribution in [0.2, 0.25) is 5.15 Å². The van der Waals surface area contributed by atoms with E-state index in [2.05, 4.69) is 14.9 Å². The summed E-state index contributed by atoms with van der Waals surface area (Å²) in [6.07, 6.45) is 3.43. The molecule has 1 unspecified atom stereocenters. The predicted molar refractivity (Wildman–Crippen MR) is 139 cm³/mol. The molecule has 0 spiro atoms. The highest BCUT2D eigenvalue weighted by atomic mass is 35.5. The Morgan fingerprint density at radius 3 is 2.19 bits per heavy atom. The summed E-state index contributed by atoms with van der Waals surface area (Å²) in [5.74, 6) is -0.114. The van der Waals surface area contributed by atoms with Gasteiger partial charge in [0.05, 0.1) is 11.4 Å². The molecule has 10 heteroatoms. The molecule has 5 rings (SSSR count). The largest absolute Gasteiger partial charge is 0.353 e. The topological polar surface area (TPSA) is 64.9 Å². The molecule has 3 aromatic rings. The molecule has 7 nitrogen and oxygen atoms in total. The number of hydrogen-bond donors (Lipinski definition) is 0. The van der Waals surface area contributed by atoms with Crippen LogP contribution in [0, 0.1) is 17.6 Å². The average Bonchev–Trinajstić information content (AvgIpc) is 2.90. The fraction of sp³-hybridized carbons (Fsp3) is 0.259. The molecule has 37 heavy (non-hydrogen) atoms. The van der Waals surface area contributed by atoms with Crippen LogP contribution in [0.3, 0.4) is 0 Å². The molecule has 0 bridgehead atoms. The van der Waals surface area contributed by atoms with Crippen molar-refractivity contribution >= 4 is 34.7 Å². The molecule has 1 atom stereocenters. The summed E-state index contributed by atoms with van der Waals surface area (Å²) in [6, 6.07) is 14.0. The number of carbonyl (C=O) groups excluding carboxylic acids is 1. The second-order valence-electron chi connectivity index (χ2n) is 8.96. The normalized spacial score (nSPS) is 17.9. The smallest absolute Gasteiger partial charge is 0.244 e. The maximum atomic E-state index is 13.6. The predicted octanol–water partition coefficient (Wildman–Crippen LogP) is 4.45. The van der Waals surface area contributed by atoms with E-state index in [-0.39, 0.29) is 30.0 Å². The maximum Gasteiger partial charge on any atom is 0.244 e. The van der Waals surface area contributed by atoms with Gasteiger partial charge in [-0.1, -0.05) is 30.7 Å². The van der Waals surface area contributed by atoms with Gasteiger partial charge < -0.3 is 9.80 Å². The minimum atomic E-state index is -0.339. The molecule has 0 aliphatic carbocycles. The fourth-order valence-electron chi connectivity index (χ4n) is 4.51. The van der Waals surface area contributed by atoms with Gasteiger partial charge in [-0.3, -0.25) is 9.80 Å². The third-order valence-corrected chi connectivity index (χ3v) is 6.69. The molecule has 0 saturated carbocycles. The zero-order valence-corrected chi connectivity index (χ0v) is 20.9. The third-order valence-electron chi connectivity index (χ3n) is 6.49. The number of rotatable bonds is 5. The summed E-state index contributed by atoms with van der Waals surface area (Å²) < 4.78 is 27.1. The summed E-state index contributed by atoms with van der Waals surface area (Å²) in [5.41, 5.74) is 2.98. The van der Waals surface area contributed by atoms with Crippen molar-refractivity contribution in [3.63, 3.8) is 0 Å². The monoisotopic (exact) mass is 522 g/mol. The fourth-order valence-corrected chi connectivity index (χ4v) is 4.66. The third kappa shape index (κ3) is 5.61. The minimum absolute atomic E-state index is 0.0138. The SMILES string of the molecule is CC1C=C(c2ccc(F)cc2)N(CC(=O)N2CCN(c3cc(Cl)ncn3)CC2)N=C1c1ccc(F)cc1. The lowest BCUT2D eigenvalue weighted by Gasteiger charge is -2.37. The molecule has 2 aromatic carbocycles. The van der Waals surface area contributed by atoms with Gasteiger partial charge in [0.2, 0.25) is 5.91 Å². The lowest BCUT2D eigenvalue weighted by atomic mass is 9.94. The first-order chi connectivity index (χ1) is 17.9. The Labute approximate surface area is 218 Å². The number of benzene rings is 2. The highest BCUT2D eigenvalue weighted by molar-refractivity contribution is 6.29. The Morgan fingerprint density at radius 2 is 1.57 bits per heavy atom. The number of allylic oxidation sites excluding steroid dienone is 1. The van der Waals surface area contributed by atoms with Gasteiger partial charge in [-0.2, -0.15) is 5.10 Å². The molecule has 1 saturated heterocycles. The molecular formula is C27H25ClF2N6O. The quantitative estimate of drug-likeness (QED) is 0.463. The lowest BCUT2D eigenvalue weighted by Crippen LogP contribution is -2.51. The van der Waals surface area contributed by atoms with E-state index < -0.39 is 0 Å². The van der Waals surface area contributed by atoms with E-state index in [9.17, 15) is 13.6 Å². The van der Waals surface area contributed by atoms with Crippen molar-refractivity contribution in [1.29, 1.82) is 0 Å². The van der Waals surface area contributed by atoms with Crippen molar-refractivity contribution in [3.05, 3.63) is 94.9 Å². The van der Waals surface area contributed by atoms with E-state index in [1.165, 1.54) is 30.6 Å². The van der Waals surface area contributed by atoms with Crippen molar-refractivity contribution in [3.8, 4) is 0 Å². The Morgan fingerprint density at radius 1 is 0.946 bits per heavy atom. The molecule has 3 heterocycles. The molecule has 0 radical (unpaired) electrons. The Bertz CT molecular complexity index is 1340. The Hall–Kier alpha value is -3.85. The molecule has 1 fully saturated rings. The summed E-state index contributed by atoms with van der Waals surface area (Å²) in [5, 5.41) is 6.86. The second-order valence-corrected chi connectivity index (χ2v) is 9.35. The number of anilines is 1. The van der Waals surface area contributed by atoms with Gasteiger partial charge in [-0.25, -0.2) is 18.7 Å². The number of nitrogens with zero attached hydrogens (tertiary/aromatic N) is 6. The highest BCUT2D eigenvalue weighted by Gasteiger charge is 2.28. The van der Waals surface area contributed by atoms with Gasteiger partial charge in [-0.05, 0) is 53.6 Å². The number of aromatic nitrogens is 2. The summed E-state index contributed by atoms with van der Waals surface area (Å²) >= 11 is 5.99. The molecule has 1 amide bonds. The van der Waals surface area contributed by atoms with Gasteiger partial charge in [0, 0.05) is 38.2 Å². The average molecular weight is 523 g/mol. The molecular weight excluding hydrogens is 498 g/mol. The van der Waals surface area contributed by atoms with Crippen LogP contribution in [-0.2, 0) is 4.79 Å². The number of halogens is 3. The minimum Gasteiger partial charge on any atom is -0.353 e. The number of hydrogen-bond acceptors (Lipinski definition) is 6. The number of hydrazone groups is 1. The molecule has 2 aliphatic rings. The Balaban J connectivity index is 1.35. The van der Waals surface area contributed by atoms with Crippen molar-refractivity contribution < 1.29 is 13.6 Å². The van der Waals surface area contributed by atoms with Crippen LogP contribution in [0.5, 0.6) is 0 Å². The van der Waals surface area contributed by atoms with E-state index >= 15 is 0 Å². The van der Waals surface area contributed by atoms with Crippen LogP contribution >= 0.6 is 11.6 Å². The first kappa shape index (κ1) is 24.8. The first-order valence-corrected chi connectivity index (χ1v) is 12.3. The standard InChI is InChI=1S/C27H25ClF2N6O/c1-18-14-23(19-2-6-21(29)7-3-19)36(33-27(18)20-4-8-22(30)9-5-20)16-26(37)35-12-10-34(11-13-35)25-15-24(28)31-17-32-25/h2-9,14-15,17-18H,10-13,16H2,1H3. The van der Waals surface area contributed by atoms with Crippen LogP contribution < -0.4 is 4.90 Å². The van der Waals surface area contributed by atoms with Crippen molar-refractivity contribution in [1.82, 2.24) is 19.9 Å². The van der Waals surface area contributed by atoms with Gasteiger partial charge >= 0.3 is 0 Å². The van der Waals surface area contributed by atoms with Gasteiger partial charge in [0.25, 0.3) is 0 Å². The first-order valence-electron chi connectivity index (χ1n) is 12.0. The van der Waals surface area contributed by atoms with E-state index in [4.69, 9.17) is 16.7 Å². The maximum absolute atomic E-state index is 13.6. The summed E-state index contributed by atoms with van der Waals surface area (Å²) in [4.78, 5) is 25.4. The lowest BCUT2D eigenvalue weighted by molar-refractivity contribution is -0.132. The number of amides is 1. The second kappa shape index (κ2) is 10.6. The van der Waals surface area contributed by atoms with Crippen LogP contribution in [0.25, 0.3) is 5.70 Å². The van der Waals surface area contributed by atoms with E-state index in [0.29, 0.717) is 31.3 Å². The summed E-state index contributed by atoms with van der Waals surface area (Å²) in [6.45, 7) is 4.27. The Kier molecular flexibility index (Phi) is 7.14. The number of carbonyl (C=O) groups is 1. The van der Waals surface area contributed by atoms with Crippen LogP contribution in [-0.4, -0.2) is 64.2 Å². The van der Waals surface area contributed by atoms with Crippen LogP contribution in [0.4, 0.5) is 14.6 Å². The zero-order valence-electron chi connectivity index (χ0n) is 20.2. The van der Waals surface area contributed by atoms with E-state index in [1.54, 1.807) is 40.2 Å². The van der Waals surface area contributed by atoms with Gasteiger partial charge in [0.1, 0.15) is 35.5 Å². The zero-order chi connectivity index (χ0) is 25.9. The molecule has 0 N–H and O–H groups in total. The molecule has 190 valence electrons. The summed E-state index contributed by atoms with van der Waals surface area (Å²) in [7, 11) is 0. The van der Waals surface area contributed by atoms with Gasteiger partial charge in [-0.15, -0.1) is 0 Å². The highest BCUT2D eigenvalue weighted by Crippen LogP contribution is 2.29. The van der Waals surface area contributed by atoms with Crippen molar-refractivity contribution in [2.75, 3.05) is 37.6 Å². The van der Waals surface area contributed by atoms with E-state index in [1.807, 2.05) is 13.0 Å². The molecule has 2 aliphatic heterocycles. The van der Waals surface area contributed by atoms with Crippen molar-refractivity contribution in [2.45, 2.75) is 6.92 Å². The molecule has 1 aromatic heterocycles. The van der Waals surface area contributed by atoms with Gasteiger partial charge in [0.15, 0.2) is 0 Å².